The van der Waals surface area contributed by atoms with Crippen molar-refractivity contribution < 1.29 is 28.6 Å². The maximum atomic E-state index is 12.9. The Labute approximate surface area is 212 Å². The molecule has 12 heteroatoms. The van der Waals surface area contributed by atoms with E-state index in [9.17, 15) is 24.3 Å². The molecule has 11 nitrogen and oxygen atoms in total. The van der Waals surface area contributed by atoms with Crippen LogP contribution < -0.4 is 16.1 Å². The molecule has 0 radical (unpaired) electrons. The second-order valence-corrected chi connectivity index (χ2v) is 10.8. The predicted octanol–water partition coefficient (Wildman–Crippen LogP) is 2.83. The fourth-order valence-corrected chi connectivity index (χ4v) is 4.72. The number of ether oxygens (including phenoxy) is 1. The standard InChI is InChI=1S/C24H32N4O7S/c1-14-13-36-21(26-14)27-18(31)12-25-17(30)11-24(20-19(32)16(29)10-15(2)34-20)6-8-28(9-7-24)22(33)35-23(3,4)5/h10,13,32H,6-9,11-12H2,1-5H3,(H,25,30)(H,26,27,31). The average molecular weight is 521 g/mol. The van der Waals surface area contributed by atoms with E-state index in [2.05, 4.69) is 15.6 Å². The molecule has 1 aliphatic heterocycles. The summed E-state index contributed by atoms with van der Waals surface area (Å²) in [5.74, 6) is -1.16. The largest absolute Gasteiger partial charge is 0.502 e. The van der Waals surface area contributed by atoms with Crippen molar-refractivity contribution in [3.8, 4) is 5.75 Å². The van der Waals surface area contributed by atoms with Gasteiger partial charge in [0.1, 0.15) is 11.4 Å². The number of anilines is 1. The van der Waals surface area contributed by atoms with Crippen molar-refractivity contribution in [1.29, 1.82) is 0 Å². The van der Waals surface area contributed by atoms with Crippen LogP contribution >= 0.6 is 11.3 Å². The highest BCUT2D eigenvalue weighted by molar-refractivity contribution is 7.13. The molecule has 0 atom stereocenters. The molecule has 0 saturated carbocycles. The summed E-state index contributed by atoms with van der Waals surface area (Å²) in [6.07, 6.45) is -0.155. The molecule has 36 heavy (non-hydrogen) atoms. The summed E-state index contributed by atoms with van der Waals surface area (Å²) in [6.45, 7) is 8.88. The van der Waals surface area contributed by atoms with E-state index >= 15 is 0 Å². The summed E-state index contributed by atoms with van der Waals surface area (Å²) in [7, 11) is 0. The summed E-state index contributed by atoms with van der Waals surface area (Å²) < 4.78 is 11.2. The molecule has 0 spiro atoms. The number of aryl methyl sites for hydroxylation is 2. The highest BCUT2D eigenvalue weighted by atomic mass is 32.1. The van der Waals surface area contributed by atoms with Crippen LogP contribution in [0.15, 0.2) is 20.7 Å². The van der Waals surface area contributed by atoms with Crippen molar-refractivity contribution >= 4 is 34.4 Å². The highest BCUT2D eigenvalue weighted by Crippen LogP contribution is 2.42. The molecular weight excluding hydrogens is 488 g/mol. The number of hydrogen-bond donors (Lipinski definition) is 3. The lowest BCUT2D eigenvalue weighted by molar-refractivity contribution is -0.125. The number of carbonyl (C=O) groups is 3. The van der Waals surface area contributed by atoms with Gasteiger partial charge >= 0.3 is 6.09 Å². The molecule has 2 aromatic rings. The van der Waals surface area contributed by atoms with E-state index in [0.29, 0.717) is 10.9 Å². The third kappa shape index (κ3) is 6.84. The number of nitrogens with zero attached hydrogens (tertiary/aromatic N) is 2. The molecule has 0 bridgehead atoms. The van der Waals surface area contributed by atoms with Crippen LogP contribution in [-0.4, -0.2) is 58.1 Å². The highest BCUT2D eigenvalue weighted by Gasteiger charge is 2.44. The molecule has 1 fully saturated rings. The molecule has 0 unspecified atom stereocenters. The number of piperidine rings is 1. The first-order valence-electron chi connectivity index (χ1n) is 11.6. The Morgan fingerprint density at radius 1 is 1.22 bits per heavy atom. The van der Waals surface area contributed by atoms with Gasteiger partial charge in [-0.2, -0.15) is 0 Å². The number of nitrogens with one attached hydrogen (secondary N) is 2. The predicted molar refractivity (Wildman–Crippen MR) is 133 cm³/mol. The van der Waals surface area contributed by atoms with E-state index < -0.39 is 40.1 Å². The van der Waals surface area contributed by atoms with Gasteiger partial charge in [0.25, 0.3) is 0 Å². The number of aromatic nitrogens is 1. The minimum absolute atomic E-state index is 0.00852. The van der Waals surface area contributed by atoms with Crippen LogP contribution in [0, 0.1) is 13.8 Å². The van der Waals surface area contributed by atoms with Gasteiger partial charge < -0.3 is 29.8 Å². The lowest BCUT2D eigenvalue weighted by Gasteiger charge is -2.41. The topological polar surface area (TPSA) is 151 Å². The zero-order valence-electron chi connectivity index (χ0n) is 21.1. The molecule has 3 N–H and O–H groups in total. The quantitative estimate of drug-likeness (QED) is 0.526. The Hall–Kier alpha value is -3.41. The number of likely N-dealkylation sites (tertiary alicyclic amines) is 1. The van der Waals surface area contributed by atoms with E-state index in [0.717, 1.165) is 5.69 Å². The Morgan fingerprint density at radius 3 is 2.47 bits per heavy atom. The Bertz CT molecular complexity index is 1190. The van der Waals surface area contributed by atoms with Gasteiger partial charge in [0.05, 0.1) is 12.2 Å². The number of thiazole rings is 1. The summed E-state index contributed by atoms with van der Waals surface area (Å²) in [5.41, 5.74) is -1.55. The van der Waals surface area contributed by atoms with Crippen molar-refractivity contribution in [3.05, 3.63) is 38.9 Å². The summed E-state index contributed by atoms with van der Waals surface area (Å²) in [6, 6.07) is 1.17. The average Bonchev–Trinajstić information content (AvgIpc) is 3.18. The van der Waals surface area contributed by atoms with Crippen molar-refractivity contribution in [2.45, 2.75) is 64.9 Å². The molecule has 1 saturated heterocycles. The van der Waals surface area contributed by atoms with E-state index in [1.165, 1.54) is 22.3 Å². The number of aromatic hydroxyl groups is 1. The van der Waals surface area contributed by atoms with Crippen LogP contribution in [0.1, 0.15) is 57.2 Å². The summed E-state index contributed by atoms with van der Waals surface area (Å²) in [4.78, 5) is 55.7. The minimum Gasteiger partial charge on any atom is -0.502 e. The maximum absolute atomic E-state index is 12.9. The molecule has 1 aliphatic rings. The first-order valence-corrected chi connectivity index (χ1v) is 12.5. The molecule has 3 amide bonds. The van der Waals surface area contributed by atoms with Crippen molar-refractivity contribution in [1.82, 2.24) is 15.2 Å². The van der Waals surface area contributed by atoms with Crippen LogP contribution in [0.25, 0.3) is 0 Å². The lowest BCUT2D eigenvalue weighted by Crippen LogP contribution is -2.49. The first kappa shape index (κ1) is 27.2. The lowest BCUT2D eigenvalue weighted by atomic mass is 9.73. The second kappa shape index (κ2) is 10.7. The number of hydrogen-bond acceptors (Lipinski definition) is 9. The third-order valence-electron chi connectivity index (χ3n) is 5.71. The molecule has 0 aliphatic carbocycles. The van der Waals surface area contributed by atoms with Gasteiger partial charge in [-0.3, -0.25) is 14.4 Å². The zero-order valence-corrected chi connectivity index (χ0v) is 21.9. The van der Waals surface area contributed by atoms with Crippen LogP contribution in [0.5, 0.6) is 5.75 Å². The van der Waals surface area contributed by atoms with Crippen molar-refractivity contribution in [2.75, 3.05) is 25.0 Å². The molecule has 3 rings (SSSR count). The Kier molecular flexibility index (Phi) is 8.07. The van der Waals surface area contributed by atoms with Gasteiger partial charge in [-0.25, -0.2) is 9.78 Å². The maximum Gasteiger partial charge on any atom is 0.410 e. The van der Waals surface area contributed by atoms with Gasteiger partial charge in [0.15, 0.2) is 10.9 Å². The summed E-state index contributed by atoms with van der Waals surface area (Å²) in [5, 5.41) is 18.0. The Balaban J connectivity index is 1.75. The molecule has 0 aromatic carbocycles. The van der Waals surface area contributed by atoms with Crippen molar-refractivity contribution in [3.63, 3.8) is 0 Å². The second-order valence-electron chi connectivity index (χ2n) is 9.94. The van der Waals surface area contributed by atoms with E-state index in [1.54, 1.807) is 40.0 Å². The smallest absolute Gasteiger partial charge is 0.410 e. The molecular formula is C24H32N4O7S. The fraction of sp³-hybridized carbons (Fsp3) is 0.542. The van der Waals surface area contributed by atoms with Gasteiger partial charge in [0.2, 0.25) is 23.0 Å². The SMILES string of the molecule is Cc1csc(NC(=O)CNC(=O)CC2(c3oc(C)cc(=O)c3O)CCN(C(=O)OC(C)(C)C)CC2)n1. The monoisotopic (exact) mass is 520 g/mol. The van der Waals surface area contributed by atoms with Gasteiger partial charge in [-0.05, 0) is 47.5 Å². The van der Waals surface area contributed by atoms with E-state index in [1.807, 2.05) is 0 Å². The first-order chi connectivity index (χ1) is 16.8. The number of carbonyl (C=O) groups excluding carboxylic acids is 3. The van der Waals surface area contributed by atoms with Gasteiger partial charge in [0, 0.05) is 36.4 Å². The van der Waals surface area contributed by atoms with Gasteiger partial charge in [-0.1, -0.05) is 0 Å². The summed E-state index contributed by atoms with van der Waals surface area (Å²) >= 11 is 1.28. The zero-order chi connectivity index (χ0) is 26.7. The van der Waals surface area contributed by atoms with E-state index in [4.69, 9.17) is 9.15 Å². The van der Waals surface area contributed by atoms with Crippen LogP contribution in [0.2, 0.25) is 0 Å². The number of amides is 3. The molecule has 196 valence electrons. The third-order valence-corrected chi connectivity index (χ3v) is 6.59. The fourth-order valence-electron chi connectivity index (χ4n) is 4.01. The normalized spacial score (nSPS) is 15.3. The van der Waals surface area contributed by atoms with Crippen molar-refractivity contribution in [2.24, 2.45) is 0 Å². The van der Waals surface area contributed by atoms with Crippen LogP contribution in [0.3, 0.4) is 0 Å². The van der Waals surface area contributed by atoms with Gasteiger partial charge in [-0.15, -0.1) is 11.3 Å². The molecule has 3 heterocycles. The number of rotatable bonds is 6. The van der Waals surface area contributed by atoms with E-state index in [-0.39, 0.29) is 44.7 Å². The molecule has 2 aromatic heterocycles. The van der Waals surface area contributed by atoms with Crippen LogP contribution in [-0.2, 0) is 19.7 Å². The van der Waals surface area contributed by atoms with Crippen LogP contribution in [0.4, 0.5) is 9.93 Å². The Morgan fingerprint density at radius 2 is 1.89 bits per heavy atom. The minimum atomic E-state index is -1.05.